The number of carbonyl (C=O) groups is 2. The lowest BCUT2D eigenvalue weighted by Gasteiger charge is -2.32. The molecule has 0 aliphatic carbocycles. The van der Waals surface area contributed by atoms with Crippen LogP contribution in [0, 0.1) is 0 Å². The van der Waals surface area contributed by atoms with Crippen LogP contribution in [0.2, 0.25) is 5.02 Å². The van der Waals surface area contributed by atoms with Crippen molar-refractivity contribution in [1.82, 2.24) is 10.2 Å². The van der Waals surface area contributed by atoms with Gasteiger partial charge in [-0.25, -0.2) is 8.42 Å². The lowest BCUT2D eigenvalue weighted by Crippen LogP contribution is -2.51. The summed E-state index contributed by atoms with van der Waals surface area (Å²) in [5.74, 6) is -0.822. The van der Waals surface area contributed by atoms with Crippen LogP contribution in [0.15, 0.2) is 88.2 Å². The summed E-state index contributed by atoms with van der Waals surface area (Å²) in [6, 6.07) is 20.8. The average molecular weight is 607 g/mol. The van der Waals surface area contributed by atoms with Crippen molar-refractivity contribution in [2.24, 2.45) is 0 Å². The Hall–Kier alpha value is -2.88. The fraction of sp³-hybridized carbons (Fsp3) is 0.259. The van der Waals surface area contributed by atoms with E-state index in [0.717, 1.165) is 20.8 Å². The highest BCUT2D eigenvalue weighted by atomic mass is 79.9. The third kappa shape index (κ3) is 7.56. The van der Waals surface area contributed by atoms with Crippen molar-refractivity contribution in [2.75, 3.05) is 17.4 Å². The van der Waals surface area contributed by atoms with Crippen molar-refractivity contribution in [3.05, 3.63) is 93.9 Å². The minimum atomic E-state index is -4.12. The molecule has 0 aliphatic heterocycles. The van der Waals surface area contributed by atoms with E-state index in [0.29, 0.717) is 17.3 Å². The van der Waals surface area contributed by atoms with Gasteiger partial charge in [0.25, 0.3) is 10.0 Å². The van der Waals surface area contributed by atoms with Gasteiger partial charge in [-0.15, -0.1) is 0 Å². The summed E-state index contributed by atoms with van der Waals surface area (Å²) in [5, 5.41) is 3.22. The van der Waals surface area contributed by atoms with Crippen LogP contribution in [0.4, 0.5) is 5.69 Å². The Kier molecular flexibility index (Phi) is 10.1. The molecule has 0 heterocycles. The molecule has 196 valence electrons. The molecule has 1 N–H and O–H groups in total. The molecule has 0 fully saturated rings. The highest BCUT2D eigenvalue weighted by Crippen LogP contribution is 2.25. The summed E-state index contributed by atoms with van der Waals surface area (Å²) < 4.78 is 29.2. The molecule has 37 heavy (non-hydrogen) atoms. The van der Waals surface area contributed by atoms with E-state index in [1.807, 2.05) is 31.2 Å². The van der Waals surface area contributed by atoms with Crippen LogP contribution in [0.5, 0.6) is 0 Å². The number of sulfonamides is 1. The van der Waals surface area contributed by atoms with E-state index in [-0.39, 0.29) is 17.3 Å². The van der Waals surface area contributed by atoms with Gasteiger partial charge in [-0.1, -0.05) is 64.8 Å². The Morgan fingerprint density at radius 2 is 1.68 bits per heavy atom. The third-order valence-electron chi connectivity index (χ3n) is 5.68. The molecular formula is C27H29BrClN3O4S. The molecule has 0 saturated carbocycles. The lowest BCUT2D eigenvalue weighted by atomic mass is 10.1. The number of amides is 2. The molecular weight excluding hydrogens is 578 g/mol. The number of para-hydroxylation sites is 1. The Labute approximate surface area is 231 Å². The van der Waals surface area contributed by atoms with Gasteiger partial charge in [-0.2, -0.15) is 0 Å². The van der Waals surface area contributed by atoms with Crippen LogP contribution in [-0.2, 0) is 26.2 Å². The quantitative estimate of drug-likeness (QED) is 0.323. The van der Waals surface area contributed by atoms with Crippen LogP contribution >= 0.6 is 27.5 Å². The van der Waals surface area contributed by atoms with Gasteiger partial charge in [0, 0.05) is 22.6 Å². The van der Waals surface area contributed by atoms with Gasteiger partial charge in [0.2, 0.25) is 11.8 Å². The molecule has 0 aromatic heterocycles. The van der Waals surface area contributed by atoms with Crippen molar-refractivity contribution >= 4 is 55.1 Å². The maximum Gasteiger partial charge on any atom is 0.264 e. The second-order valence-electron chi connectivity index (χ2n) is 8.42. The maximum absolute atomic E-state index is 13.8. The van der Waals surface area contributed by atoms with Crippen molar-refractivity contribution in [2.45, 2.75) is 37.8 Å². The van der Waals surface area contributed by atoms with Crippen molar-refractivity contribution in [3.8, 4) is 0 Å². The Morgan fingerprint density at radius 1 is 1.00 bits per heavy atom. The van der Waals surface area contributed by atoms with E-state index in [1.54, 1.807) is 37.3 Å². The standard InChI is InChI=1S/C27H29BrClN3O4S/c1-3-16-30-27(34)20(2)31(18-21-8-7-9-22(28)17-21)26(33)19-32(24-10-5-4-6-11-24)37(35,36)25-14-12-23(29)13-15-25/h4-15,17,20H,3,16,18-19H2,1-2H3,(H,30,34). The Bertz CT molecular complexity index is 1320. The molecule has 10 heteroatoms. The highest BCUT2D eigenvalue weighted by Gasteiger charge is 2.32. The van der Waals surface area contributed by atoms with Crippen molar-refractivity contribution in [3.63, 3.8) is 0 Å². The van der Waals surface area contributed by atoms with Crippen LogP contribution in [-0.4, -0.2) is 44.3 Å². The molecule has 0 aliphatic rings. The number of nitrogens with one attached hydrogen (secondary N) is 1. The van der Waals surface area contributed by atoms with E-state index in [2.05, 4.69) is 21.2 Å². The number of anilines is 1. The molecule has 1 unspecified atom stereocenters. The molecule has 0 radical (unpaired) electrons. The summed E-state index contributed by atoms with van der Waals surface area (Å²) >= 11 is 9.40. The number of rotatable bonds is 11. The number of hydrogen-bond acceptors (Lipinski definition) is 4. The predicted octanol–water partition coefficient (Wildman–Crippen LogP) is 5.24. The number of hydrogen-bond donors (Lipinski definition) is 1. The molecule has 7 nitrogen and oxygen atoms in total. The van der Waals surface area contributed by atoms with Crippen LogP contribution in [0.3, 0.4) is 0 Å². The van der Waals surface area contributed by atoms with Gasteiger partial charge in [-0.05, 0) is 67.4 Å². The van der Waals surface area contributed by atoms with Crippen molar-refractivity contribution in [1.29, 1.82) is 0 Å². The Balaban J connectivity index is 1.99. The summed E-state index contributed by atoms with van der Waals surface area (Å²) in [5.41, 5.74) is 1.13. The van der Waals surface area contributed by atoms with Gasteiger partial charge in [0.1, 0.15) is 12.6 Å². The molecule has 3 aromatic rings. The van der Waals surface area contributed by atoms with E-state index in [1.165, 1.54) is 29.2 Å². The normalized spacial score (nSPS) is 12.0. The van der Waals surface area contributed by atoms with E-state index in [4.69, 9.17) is 11.6 Å². The molecule has 2 amide bonds. The summed E-state index contributed by atoms with van der Waals surface area (Å²) in [6.07, 6.45) is 0.749. The van der Waals surface area contributed by atoms with Crippen LogP contribution in [0.1, 0.15) is 25.8 Å². The first-order chi connectivity index (χ1) is 17.6. The maximum atomic E-state index is 13.8. The molecule has 0 saturated heterocycles. The van der Waals surface area contributed by atoms with Gasteiger partial charge in [0.15, 0.2) is 0 Å². The first-order valence-corrected chi connectivity index (χ1v) is 14.4. The minimum Gasteiger partial charge on any atom is -0.354 e. The molecule has 1 atom stereocenters. The topological polar surface area (TPSA) is 86.8 Å². The van der Waals surface area contributed by atoms with Crippen LogP contribution in [0.25, 0.3) is 0 Å². The molecule has 3 rings (SSSR count). The van der Waals surface area contributed by atoms with Gasteiger partial charge < -0.3 is 10.2 Å². The fourth-order valence-corrected chi connectivity index (χ4v) is 5.65. The second-order valence-corrected chi connectivity index (χ2v) is 11.6. The van der Waals surface area contributed by atoms with Crippen LogP contribution < -0.4 is 9.62 Å². The average Bonchev–Trinajstić information content (AvgIpc) is 2.89. The molecule has 0 spiro atoms. The zero-order valence-corrected chi connectivity index (χ0v) is 23.8. The highest BCUT2D eigenvalue weighted by molar-refractivity contribution is 9.10. The molecule has 3 aromatic carbocycles. The number of carbonyl (C=O) groups excluding carboxylic acids is 2. The largest absolute Gasteiger partial charge is 0.354 e. The SMILES string of the molecule is CCCNC(=O)C(C)N(Cc1cccc(Br)c1)C(=O)CN(c1ccccc1)S(=O)(=O)c1ccc(Cl)cc1. The number of benzene rings is 3. The van der Waals surface area contributed by atoms with Gasteiger partial charge in [0.05, 0.1) is 10.6 Å². The second kappa shape index (κ2) is 13.1. The molecule has 0 bridgehead atoms. The summed E-state index contributed by atoms with van der Waals surface area (Å²) in [4.78, 5) is 28.0. The van der Waals surface area contributed by atoms with E-state index in [9.17, 15) is 18.0 Å². The minimum absolute atomic E-state index is 0.000769. The Morgan fingerprint density at radius 3 is 2.30 bits per heavy atom. The van der Waals surface area contributed by atoms with E-state index >= 15 is 0 Å². The number of nitrogens with zero attached hydrogens (tertiary/aromatic N) is 2. The summed E-state index contributed by atoms with van der Waals surface area (Å²) in [6.45, 7) is 3.69. The summed E-state index contributed by atoms with van der Waals surface area (Å²) in [7, 11) is -4.12. The van der Waals surface area contributed by atoms with E-state index < -0.39 is 28.5 Å². The zero-order chi connectivity index (χ0) is 27.0. The fourth-order valence-electron chi connectivity index (χ4n) is 3.67. The smallest absolute Gasteiger partial charge is 0.264 e. The third-order valence-corrected chi connectivity index (χ3v) is 8.22. The van der Waals surface area contributed by atoms with Crippen molar-refractivity contribution < 1.29 is 18.0 Å². The number of halogens is 2. The monoisotopic (exact) mass is 605 g/mol. The van der Waals surface area contributed by atoms with Gasteiger partial charge in [-0.3, -0.25) is 13.9 Å². The zero-order valence-electron chi connectivity index (χ0n) is 20.6. The first-order valence-electron chi connectivity index (χ1n) is 11.8. The lowest BCUT2D eigenvalue weighted by molar-refractivity contribution is -0.139. The predicted molar refractivity (Wildman–Crippen MR) is 150 cm³/mol. The first kappa shape index (κ1) is 28.7. The van der Waals surface area contributed by atoms with Gasteiger partial charge >= 0.3 is 0 Å².